The van der Waals surface area contributed by atoms with Crippen LogP contribution in [-0.2, 0) is 12.0 Å². The van der Waals surface area contributed by atoms with Crippen LogP contribution >= 0.6 is 15.9 Å². The molecule has 0 amide bonds. The molecule has 98 valence electrons. The van der Waals surface area contributed by atoms with E-state index in [9.17, 15) is 0 Å². The molecule has 1 aromatic heterocycles. The van der Waals surface area contributed by atoms with Gasteiger partial charge in [-0.05, 0) is 42.7 Å². The largest absolute Gasteiger partial charge is 0.317 e. The molecule has 0 radical (unpaired) electrons. The number of nitrogens with zero attached hydrogens (tertiary/aromatic N) is 2. The maximum atomic E-state index is 4.45. The van der Waals surface area contributed by atoms with Gasteiger partial charge in [-0.2, -0.15) is 5.10 Å². The van der Waals surface area contributed by atoms with Gasteiger partial charge < -0.3 is 5.32 Å². The van der Waals surface area contributed by atoms with Gasteiger partial charge in [0, 0.05) is 18.0 Å². The molecule has 0 fully saturated rings. The maximum Gasteiger partial charge on any atom is 0.0635 e. The lowest BCUT2D eigenvalue weighted by molar-refractivity contribution is 0.372. The number of aromatic nitrogens is 2. The van der Waals surface area contributed by atoms with Crippen molar-refractivity contribution >= 4 is 15.9 Å². The van der Waals surface area contributed by atoms with Crippen molar-refractivity contribution in [3.8, 4) is 0 Å². The number of hydrogen-bond acceptors (Lipinski definition) is 2. The Morgan fingerprint density at radius 2 is 2.18 bits per heavy atom. The van der Waals surface area contributed by atoms with Crippen LogP contribution in [0.2, 0.25) is 0 Å². The maximum absolute atomic E-state index is 4.45. The molecule has 0 aliphatic carbocycles. The molecule has 0 aromatic carbocycles. The van der Waals surface area contributed by atoms with E-state index in [1.165, 1.54) is 5.69 Å². The van der Waals surface area contributed by atoms with E-state index in [2.05, 4.69) is 58.7 Å². The molecule has 1 rings (SSSR count). The smallest absolute Gasteiger partial charge is 0.0635 e. The lowest BCUT2D eigenvalue weighted by atomic mass is 9.82. The Balaban J connectivity index is 2.99. The molecule has 1 N–H and O–H groups in total. The second-order valence-electron chi connectivity index (χ2n) is 5.34. The van der Waals surface area contributed by atoms with Gasteiger partial charge in [0.15, 0.2) is 0 Å². The number of halogens is 1. The average molecular weight is 302 g/mol. The molecule has 0 aliphatic rings. The van der Waals surface area contributed by atoms with E-state index in [1.54, 1.807) is 0 Å². The van der Waals surface area contributed by atoms with Gasteiger partial charge in [0.1, 0.15) is 0 Å². The first kappa shape index (κ1) is 14.7. The van der Waals surface area contributed by atoms with Gasteiger partial charge >= 0.3 is 0 Å². The fourth-order valence-corrected chi connectivity index (χ4v) is 3.21. The second kappa shape index (κ2) is 6.01. The molecule has 0 bridgehead atoms. The molecule has 1 heterocycles. The zero-order valence-corrected chi connectivity index (χ0v) is 13.1. The Bertz CT molecular complexity index is 358. The molecular weight excluding hydrogens is 278 g/mol. The molecule has 0 aliphatic heterocycles. The van der Waals surface area contributed by atoms with Crippen molar-refractivity contribution in [2.75, 3.05) is 7.05 Å². The number of nitrogens with one attached hydrogen (secondary N) is 1. The molecule has 1 atom stereocenters. The standard InChI is InChI=1S/C13H24BrN3/c1-6-7-17-12(11(14)9-16-17)13(3,4)8-10(2)15-5/h9-10,15H,6-8H2,1-5H3. The molecule has 0 saturated heterocycles. The first-order chi connectivity index (χ1) is 7.92. The van der Waals surface area contributed by atoms with E-state index in [4.69, 9.17) is 0 Å². The van der Waals surface area contributed by atoms with Crippen LogP contribution in [0.25, 0.3) is 0 Å². The Hall–Kier alpha value is -0.350. The second-order valence-corrected chi connectivity index (χ2v) is 6.20. The zero-order valence-electron chi connectivity index (χ0n) is 11.5. The Labute approximate surface area is 113 Å². The highest BCUT2D eigenvalue weighted by Gasteiger charge is 2.29. The van der Waals surface area contributed by atoms with Crippen LogP contribution in [0, 0.1) is 0 Å². The molecule has 1 aromatic rings. The van der Waals surface area contributed by atoms with Gasteiger partial charge in [0.05, 0.1) is 16.4 Å². The van der Waals surface area contributed by atoms with Crippen LogP contribution in [0.15, 0.2) is 10.7 Å². The molecule has 0 spiro atoms. The highest BCUT2D eigenvalue weighted by molar-refractivity contribution is 9.10. The van der Waals surface area contributed by atoms with E-state index in [1.807, 2.05) is 13.2 Å². The Morgan fingerprint density at radius 1 is 1.53 bits per heavy atom. The average Bonchev–Trinajstić information content (AvgIpc) is 2.60. The topological polar surface area (TPSA) is 29.9 Å². The first-order valence-electron chi connectivity index (χ1n) is 6.31. The summed E-state index contributed by atoms with van der Waals surface area (Å²) >= 11 is 3.63. The van der Waals surface area contributed by atoms with Crippen molar-refractivity contribution in [1.29, 1.82) is 0 Å². The minimum atomic E-state index is 0.118. The van der Waals surface area contributed by atoms with Crippen molar-refractivity contribution in [3.05, 3.63) is 16.4 Å². The summed E-state index contributed by atoms with van der Waals surface area (Å²) < 4.78 is 3.26. The highest BCUT2D eigenvalue weighted by atomic mass is 79.9. The van der Waals surface area contributed by atoms with E-state index < -0.39 is 0 Å². The SMILES string of the molecule is CCCn1ncc(Br)c1C(C)(C)CC(C)NC. The summed E-state index contributed by atoms with van der Waals surface area (Å²) in [4.78, 5) is 0. The summed E-state index contributed by atoms with van der Waals surface area (Å²) in [6.07, 6.45) is 4.12. The van der Waals surface area contributed by atoms with Gasteiger partial charge in [0.2, 0.25) is 0 Å². The number of aryl methyl sites for hydroxylation is 1. The molecule has 4 heteroatoms. The Kier molecular flexibility index (Phi) is 5.20. The molecular formula is C13H24BrN3. The molecule has 0 saturated carbocycles. The number of hydrogen-bond donors (Lipinski definition) is 1. The lowest BCUT2D eigenvalue weighted by Crippen LogP contribution is -2.32. The van der Waals surface area contributed by atoms with E-state index in [-0.39, 0.29) is 5.41 Å². The first-order valence-corrected chi connectivity index (χ1v) is 7.10. The minimum absolute atomic E-state index is 0.118. The predicted octanol–water partition coefficient (Wildman–Crippen LogP) is 3.33. The van der Waals surface area contributed by atoms with Gasteiger partial charge in [-0.25, -0.2) is 0 Å². The quantitative estimate of drug-likeness (QED) is 0.873. The van der Waals surface area contributed by atoms with Crippen molar-refractivity contribution < 1.29 is 0 Å². The van der Waals surface area contributed by atoms with Crippen molar-refractivity contribution in [3.63, 3.8) is 0 Å². The summed E-state index contributed by atoms with van der Waals surface area (Å²) in [5, 5.41) is 7.76. The van der Waals surface area contributed by atoms with Crippen LogP contribution < -0.4 is 5.32 Å². The van der Waals surface area contributed by atoms with E-state index in [0.29, 0.717) is 6.04 Å². The van der Waals surface area contributed by atoms with Crippen LogP contribution in [0.3, 0.4) is 0 Å². The third-order valence-electron chi connectivity index (χ3n) is 3.18. The third kappa shape index (κ3) is 3.55. The van der Waals surface area contributed by atoms with Crippen molar-refractivity contribution in [1.82, 2.24) is 15.1 Å². The summed E-state index contributed by atoms with van der Waals surface area (Å²) in [6, 6.07) is 0.502. The normalized spacial score (nSPS) is 14.0. The van der Waals surface area contributed by atoms with Crippen LogP contribution in [0.4, 0.5) is 0 Å². The molecule has 17 heavy (non-hydrogen) atoms. The van der Waals surface area contributed by atoms with E-state index >= 15 is 0 Å². The molecule has 3 nitrogen and oxygen atoms in total. The van der Waals surface area contributed by atoms with Gasteiger partial charge in [-0.15, -0.1) is 0 Å². The lowest BCUT2D eigenvalue weighted by Gasteiger charge is -2.29. The van der Waals surface area contributed by atoms with Crippen LogP contribution in [0.1, 0.15) is 46.2 Å². The predicted molar refractivity (Wildman–Crippen MR) is 76.4 cm³/mol. The van der Waals surface area contributed by atoms with Gasteiger partial charge in [-0.3, -0.25) is 4.68 Å². The summed E-state index contributed by atoms with van der Waals surface area (Å²) in [5.41, 5.74) is 1.42. The fourth-order valence-electron chi connectivity index (χ4n) is 2.38. The Morgan fingerprint density at radius 3 is 2.71 bits per heavy atom. The van der Waals surface area contributed by atoms with E-state index in [0.717, 1.165) is 23.9 Å². The van der Waals surface area contributed by atoms with Crippen LogP contribution in [0.5, 0.6) is 0 Å². The summed E-state index contributed by atoms with van der Waals surface area (Å²) in [7, 11) is 2.01. The minimum Gasteiger partial charge on any atom is -0.317 e. The number of rotatable bonds is 6. The van der Waals surface area contributed by atoms with Gasteiger partial charge in [-0.1, -0.05) is 20.8 Å². The highest BCUT2D eigenvalue weighted by Crippen LogP contribution is 2.33. The summed E-state index contributed by atoms with van der Waals surface area (Å²) in [5.74, 6) is 0. The monoisotopic (exact) mass is 301 g/mol. The van der Waals surface area contributed by atoms with Crippen LogP contribution in [-0.4, -0.2) is 22.9 Å². The fraction of sp³-hybridized carbons (Fsp3) is 0.769. The third-order valence-corrected chi connectivity index (χ3v) is 3.76. The van der Waals surface area contributed by atoms with Crippen molar-refractivity contribution in [2.45, 2.75) is 58.5 Å². The summed E-state index contributed by atoms with van der Waals surface area (Å²) in [6.45, 7) is 9.96. The van der Waals surface area contributed by atoms with Crippen molar-refractivity contribution in [2.24, 2.45) is 0 Å². The zero-order chi connectivity index (χ0) is 13.1. The molecule has 1 unspecified atom stereocenters. The van der Waals surface area contributed by atoms with Gasteiger partial charge in [0.25, 0.3) is 0 Å².